The van der Waals surface area contributed by atoms with E-state index in [2.05, 4.69) is 27.6 Å². The smallest absolute Gasteiger partial charge is 0.268 e. The fourth-order valence-electron chi connectivity index (χ4n) is 4.22. The van der Waals surface area contributed by atoms with E-state index in [1.165, 1.54) is 0 Å². The lowest BCUT2D eigenvalue weighted by molar-refractivity contribution is -0.140. The number of pyridine rings is 1. The van der Waals surface area contributed by atoms with E-state index in [1.54, 1.807) is 17.3 Å². The molecule has 2 aromatic heterocycles. The maximum Gasteiger partial charge on any atom is 0.268 e. The highest BCUT2D eigenvalue weighted by molar-refractivity contribution is 7.08. The lowest BCUT2D eigenvalue weighted by Crippen LogP contribution is -2.59. The standard InChI is InChI=1S/C24H27N5O2S/c1-3-13-28-14-15-29(24(31)22-20(4-2)26-27-32-22)21(23(28)30)16-18-7-5-6-8-19(18)17-9-11-25-12-10-17/h5-12,21H,3-4,13-16H2,1-2H3/t21-/m1/s1. The summed E-state index contributed by atoms with van der Waals surface area (Å²) in [5.74, 6) is -0.140. The Labute approximate surface area is 192 Å². The summed E-state index contributed by atoms with van der Waals surface area (Å²) in [4.78, 5) is 35.2. The molecule has 3 aromatic rings. The average Bonchev–Trinajstić information content (AvgIpc) is 3.31. The number of benzene rings is 1. The van der Waals surface area contributed by atoms with Gasteiger partial charge in [-0.05, 0) is 53.2 Å². The van der Waals surface area contributed by atoms with Gasteiger partial charge in [-0.15, -0.1) is 5.10 Å². The average molecular weight is 450 g/mol. The number of carbonyl (C=O) groups excluding carboxylic acids is 2. The number of rotatable bonds is 7. The van der Waals surface area contributed by atoms with Crippen molar-refractivity contribution >= 4 is 23.3 Å². The van der Waals surface area contributed by atoms with Crippen LogP contribution in [0.3, 0.4) is 0 Å². The van der Waals surface area contributed by atoms with E-state index < -0.39 is 6.04 Å². The van der Waals surface area contributed by atoms with Gasteiger partial charge in [0.15, 0.2) is 0 Å². The number of piperazine rings is 1. The van der Waals surface area contributed by atoms with Crippen LogP contribution < -0.4 is 0 Å². The molecule has 1 atom stereocenters. The highest BCUT2D eigenvalue weighted by atomic mass is 32.1. The van der Waals surface area contributed by atoms with Crippen LogP contribution in [-0.2, 0) is 17.6 Å². The van der Waals surface area contributed by atoms with Crippen molar-refractivity contribution in [3.63, 3.8) is 0 Å². The fraction of sp³-hybridized carbons (Fsp3) is 0.375. The second-order valence-corrected chi connectivity index (χ2v) is 8.59. The molecule has 1 saturated heterocycles. The summed E-state index contributed by atoms with van der Waals surface area (Å²) >= 11 is 1.11. The molecule has 0 aliphatic carbocycles. The van der Waals surface area contributed by atoms with Crippen LogP contribution in [0.15, 0.2) is 48.8 Å². The molecule has 1 fully saturated rings. The van der Waals surface area contributed by atoms with Crippen LogP contribution in [0, 0.1) is 0 Å². The van der Waals surface area contributed by atoms with E-state index in [9.17, 15) is 9.59 Å². The zero-order chi connectivity index (χ0) is 22.5. The molecule has 1 aliphatic heterocycles. The highest BCUT2D eigenvalue weighted by Crippen LogP contribution is 2.28. The van der Waals surface area contributed by atoms with E-state index >= 15 is 0 Å². The maximum absolute atomic E-state index is 13.5. The first-order valence-corrected chi connectivity index (χ1v) is 11.8. The van der Waals surface area contributed by atoms with E-state index in [0.29, 0.717) is 43.0 Å². The third-order valence-corrected chi connectivity index (χ3v) is 6.60. The van der Waals surface area contributed by atoms with Crippen LogP contribution in [0.4, 0.5) is 0 Å². The number of nitrogens with zero attached hydrogens (tertiary/aromatic N) is 5. The zero-order valence-electron chi connectivity index (χ0n) is 18.4. The van der Waals surface area contributed by atoms with E-state index in [4.69, 9.17) is 0 Å². The first kappa shape index (κ1) is 22.1. The summed E-state index contributed by atoms with van der Waals surface area (Å²) in [5.41, 5.74) is 3.82. The lowest BCUT2D eigenvalue weighted by atomic mass is 9.93. The van der Waals surface area contributed by atoms with Gasteiger partial charge in [0.1, 0.15) is 10.9 Å². The molecule has 32 heavy (non-hydrogen) atoms. The molecule has 4 rings (SSSR count). The largest absolute Gasteiger partial charge is 0.339 e. The predicted molar refractivity (Wildman–Crippen MR) is 124 cm³/mol. The molecular weight excluding hydrogens is 422 g/mol. The Bertz CT molecular complexity index is 1080. The van der Waals surface area contributed by atoms with Gasteiger partial charge in [0, 0.05) is 38.4 Å². The third-order valence-electron chi connectivity index (χ3n) is 5.84. The van der Waals surface area contributed by atoms with Crippen LogP contribution in [-0.4, -0.2) is 61.9 Å². The Balaban J connectivity index is 1.69. The summed E-state index contributed by atoms with van der Waals surface area (Å²) in [6.45, 7) is 5.78. The number of amides is 2. The summed E-state index contributed by atoms with van der Waals surface area (Å²) in [6.07, 6.45) is 5.51. The van der Waals surface area contributed by atoms with Crippen molar-refractivity contribution in [1.29, 1.82) is 0 Å². The molecule has 0 bridgehead atoms. The number of aryl methyl sites for hydroxylation is 1. The molecule has 1 aliphatic rings. The molecule has 0 radical (unpaired) electrons. The van der Waals surface area contributed by atoms with Crippen LogP contribution in [0.1, 0.15) is 41.2 Å². The molecule has 0 N–H and O–H groups in total. The Kier molecular flexibility index (Phi) is 6.90. The minimum atomic E-state index is -0.558. The van der Waals surface area contributed by atoms with Crippen molar-refractivity contribution in [3.8, 4) is 11.1 Å². The molecular formula is C24H27N5O2S. The van der Waals surface area contributed by atoms with Crippen LogP contribution in [0.2, 0.25) is 0 Å². The van der Waals surface area contributed by atoms with Crippen molar-refractivity contribution < 1.29 is 9.59 Å². The van der Waals surface area contributed by atoms with Gasteiger partial charge in [-0.2, -0.15) is 0 Å². The van der Waals surface area contributed by atoms with Gasteiger partial charge in [-0.1, -0.05) is 42.6 Å². The lowest BCUT2D eigenvalue weighted by Gasteiger charge is -2.40. The Hall–Kier alpha value is -3.13. The quantitative estimate of drug-likeness (QED) is 0.552. The van der Waals surface area contributed by atoms with Crippen molar-refractivity contribution in [1.82, 2.24) is 24.4 Å². The van der Waals surface area contributed by atoms with Crippen LogP contribution in [0.25, 0.3) is 11.1 Å². The number of carbonyl (C=O) groups is 2. The van der Waals surface area contributed by atoms with Crippen molar-refractivity contribution in [3.05, 3.63) is 64.9 Å². The van der Waals surface area contributed by atoms with Gasteiger partial charge >= 0.3 is 0 Å². The number of hydrogen-bond donors (Lipinski definition) is 0. The minimum absolute atomic E-state index is 0.00602. The molecule has 8 heteroatoms. The predicted octanol–water partition coefficient (Wildman–Crippen LogP) is 3.47. The normalized spacial score (nSPS) is 16.4. The Morgan fingerprint density at radius 2 is 1.91 bits per heavy atom. The van der Waals surface area contributed by atoms with Crippen LogP contribution in [0.5, 0.6) is 0 Å². The molecule has 0 spiro atoms. The van der Waals surface area contributed by atoms with Gasteiger partial charge < -0.3 is 9.80 Å². The van der Waals surface area contributed by atoms with Crippen molar-refractivity contribution in [2.45, 2.75) is 39.2 Å². The summed E-state index contributed by atoms with van der Waals surface area (Å²) in [6, 6.07) is 11.4. The number of aromatic nitrogens is 3. The first-order valence-electron chi connectivity index (χ1n) is 11.0. The van der Waals surface area contributed by atoms with Crippen molar-refractivity contribution in [2.24, 2.45) is 0 Å². The molecule has 7 nitrogen and oxygen atoms in total. The van der Waals surface area contributed by atoms with Gasteiger partial charge in [-0.3, -0.25) is 14.6 Å². The molecule has 3 heterocycles. The zero-order valence-corrected chi connectivity index (χ0v) is 19.2. The van der Waals surface area contributed by atoms with Crippen molar-refractivity contribution in [2.75, 3.05) is 19.6 Å². The monoisotopic (exact) mass is 449 g/mol. The highest BCUT2D eigenvalue weighted by Gasteiger charge is 2.39. The number of hydrogen-bond acceptors (Lipinski definition) is 6. The second kappa shape index (κ2) is 9.99. The van der Waals surface area contributed by atoms with E-state index in [-0.39, 0.29) is 11.8 Å². The Morgan fingerprint density at radius 3 is 2.66 bits per heavy atom. The fourth-order valence-corrected chi connectivity index (χ4v) is 4.93. The summed E-state index contributed by atoms with van der Waals surface area (Å²) < 4.78 is 3.98. The van der Waals surface area contributed by atoms with Gasteiger partial charge in [0.2, 0.25) is 5.91 Å². The second-order valence-electron chi connectivity index (χ2n) is 7.84. The van der Waals surface area contributed by atoms with E-state index in [0.717, 1.165) is 34.6 Å². The molecule has 0 saturated carbocycles. The molecule has 166 valence electrons. The molecule has 2 amide bonds. The van der Waals surface area contributed by atoms with Crippen LogP contribution >= 0.6 is 11.5 Å². The first-order chi connectivity index (χ1) is 15.6. The van der Waals surface area contributed by atoms with Gasteiger partial charge in [0.25, 0.3) is 5.91 Å². The molecule has 1 aromatic carbocycles. The summed E-state index contributed by atoms with van der Waals surface area (Å²) in [5, 5.41) is 4.10. The third kappa shape index (κ3) is 4.41. The summed E-state index contributed by atoms with van der Waals surface area (Å²) in [7, 11) is 0. The van der Waals surface area contributed by atoms with Gasteiger partial charge in [-0.25, -0.2) is 0 Å². The maximum atomic E-state index is 13.5. The SMILES string of the molecule is CCCN1CCN(C(=O)c2snnc2CC)[C@H](Cc2ccccc2-c2ccncc2)C1=O. The molecule has 0 unspecified atom stereocenters. The minimum Gasteiger partial charge on any atom is -0.339 e. The topological polar surface area (TPSA) is 79.3 Å². The Morgan fingerprint density at radius 1 is 1.12 bits per heavy atom. The van der Waals surface area contributed by atoms with E-state index in [1.807, 2.05) is 42.2 Å². The van der Waals surface area contributed by atoms with Gasteiger partial charge in [0.05, 0.1) is 5.69 Å².